The van der Waals surface area contributed by atoms with Gasteiger partial charge in [0, 0.05) is 16.6 Å². The summed E-state index contributed by atoms with van der Waals surface area (Å²) in [5.74, 6) is -0.0748. The second-order valence-electron chi connectivity index (χ2n) is 3.09. The van der Waals surface area contributed by atoms with Crippen molar-refractivity contribution in [2.75, 3.05) is 0 Å². The molecule has 0 saturated heterocycles. The first kappa shape index (κ1) is 11.0. The molecule has 0 amide bonds. The Balaban J connectivity index is 2.60. The van der Waals surface area contributed by atoms with Gasteiger partial charge in [0.1, 0.15) is 5.82 Å². The second kappa shape index (κ2) is 5.00. The lowest BCUT2D eigenvalue weighted by molar-refractivity contribution is 0.601. The number of nitrogens with two attached hydrogens (primary N) is 1. The van der Waals surface area contributed by atoms with Crippen molar-refractivity contribution in [1.29, 1.82) is 5.41 Å². The molecule has 1 atom stereocenters. The van der Waals surface area contributed by atoms with Crippen LogP contribution in [0.5, 0.6) is 0 Å². The molecule has 1 aromatic carbocycles. The van der Waals surface area contributed by atoms with Gasteiger partial charge in [-0.2, -0.15) is 0 Å². The lowest BCUT2D eigenvalue weighted by Gasteiger charge is -2.10. The molecule has 0 fully saturated rings. The molecule has 76 valence electrons. The van der Waals surface area contributed by atoms with Crippen molar-refractivity contribution in [1.82, 2.24) is 0 Å². The van der Waals surface area contributed by atoms with Crippen molar-refractivity contribution < 1.29 is 4.39 Å². The summed E-state index contributed by atoms with van der Waals surface area (Å²) in [6.07, 6.45) is 0.485. The molecule has 1 unspecified atom stereocenters. The molecule has 0 aliphatic rings. The fourth-order valence-electron chi connectivity index (χ4n) is 1.11. The second-order valence-corrected chi connectivity index (χ2v) is 4.57. The Morgan fingerprint density at radius 3 is 2.79 bits per heavy atom. The van der Waals surface area contributed by atoms with E-state index in [9.17, 15) is 4.39 Å². The highest BCUT2D eigenvalue weighted by Crippen LogP contribution is 2.26. The molecule has 0 heterocycles. The van der Waals surface area contributed by atoms with Gasteiger partial charge in [0.25, 0.3) is 0 Å². The standard InChI is InChI=1S/C10H13FN2S/c1-7(6-10(12)13)14-9-5-3-2-4-8(9)11/h2-5,7H,6H2,1H3,(H3,12,13). The SMILES string of the molecule is CC(CC(=N)N)Sc1ccccc1F. The number of hydrogen-bond acceptors (Lipinski definition) is 2. The number of rotatable bonds is 4. The van der Waals surface area contributed by atoms with Gasteiger partial charge in [-0.25, -0.2) is 4.39 Å². The quantitative estimate of drug-likeness (QED) is 0.458. The Labute approximate surface area is 87.2 Å². The smallest absolute Gasteiger partial charge is 0.136 e. The number of nitrogens with one attached hydrogen (secondary N) is 1. The first-order valence-electron chi connectivity index (χ1n) is 4.33. The third-order valence-corrected chi connectivity index (χ3v) is 2.83. The Morgan fingerprint density at radius 2 is 2.21 bits per heavy atom. The minimum Gasteiger partial charge on any atom is -0.388 e. The molecular weight excluding hydrogens is 199 g/mol. The van der Waals surface area contributed by atoms with Crippen LogP contribution in [0.25, 0.3) is 0 Å². The molecule has 0 spiro atoms. The first-order chi connectivity index (χ1) is 6.59. The van der Waals surface area contributed by atoms with Crippen LogP contribution in [-0.4, -0.2) is 11.1 Å². The average molecular weight is 212 g/mol. The van der Waals surface area contributed by atoms with Gasteiger partial charge in [0.05, 0.1) is 5.84 Å². The van der Waals surface area contributed by atoms with Gasteiger partial charge >= 0.3 is 0 Å². The molecule has 4 heteroatoms. The summed E-state index contributed by atoms with van der Waals surface area (Å²) in [4.78, 5) is 0.612. The molecule has 0 saturated carbocycles. The maximum Gasteiger partial charge on any atom is 0.136 e. The molecule has 0 aromatic heterocycles. The Morgan fingerprint density at radius 1 is 1.57 bits per heavy atom. The zero-order chi connectivity index (χ0) is 10.6. The van der Waals surface area contributed by atoms with Crippen LogP contribution in [0.3, 0.4) is 0 Å². The normalized spacial score (nSPS) is 12.4. The van der Waals surface area contributed by atoms with E-state index < -0.39 is 0 Å². The molecule has 14 heavy (non-hydrogen) atoms. The maximum atomic E-state index is 13.2. The topological polar surface area (TPSA) is 49.9 Å². The Hall–Kier alpha value is -1.03. The largest absolute Gasteiger partial charge is 0.388 e. The van der Waals surface area contributed by atoms with Gasteiger partial charge in [-0.1, -0.05) is 19.1 Å². The third-order valence-electron chi connectivity index (χ3n) is 1.67. The van der Waals surface area contributed by atoms with E-state index in [1.807, 2.05) is 6.92 Å². The summed E-state index contributed by atoms with van der Waals surface area (Å²) < 4.78 is 13.2. The molecule has 0 bridgehead atoms. The molecule has 1 rings (SSSR count). The van der Waals surface area contributed by atoms with Crippen LogP contribution in [0.15, 0.2) is 29.2 Å². The van der Waals surface area contributed by atoms with Gasteiger partial charge < -0.3 is 5.73 Å². The van der Waals surface area contributed by atoms with E-state index in [-0.39, 0.29) is 16.9 Å². The van der Waals surface area contributed by atoms with Crippen LogP contribution in [-0.2, 0) is 0 Å². The average Bonchev–Trinajstić information content (AvgIpc) is 2.07. The summed E-state index contributed by atoms with van der Waals surface area (Å²) in [5, 5.41) is 7.24. The number of halogens is 1. The molecule has 0 aliphatic carbocycles. The van der Waals surface area contributed by atoms with Crippen LogP contribution in [0, 0.1) is 11.2 Å². The maximum absolute atomic E-state index is 13.2. The lowest BCUT2D eigenvalue weighted by atomic mass is 10.3. The fraction of sp³-hybridized carbons (Fsp3) is 0.300. The molecule has 1 aromatic rings. The summed E-state index contributed by atoms with van der Waals surface area (Å²) >= 11 is 1.40. The third kappa shape index (κ3) is 3.38. The van der Waals surface area contributed by atoms with E-state index in [4.69, 9.17) is 11.1 Å². The highest BCUT2D eigenvalue weighted by molar-refractivity contribution is 8.00. The van der Waals surface area contributed by atoms with E-state index in [1.165, 1.54) is 17.8 Å². The molecule has 0 aliphatic heterocycles. The Kier molecular flexibility index (Phi) is 3.95. The van der Waals surface area contributed by atoms with Gasteiger partial charge in [-0.15, -0.1) is 11.8 Å². The molecule has 3 N–H and O–H groups in total. The van der Waals surface area contributed by atoms with Crippen molar-refractivity contribution >= 4 is 17.6 Å². The minimum atomic E-state index is -0.215. The fourth-order valence-corrected chi connectivity index (χ4v) is 2.14. The monoisotopic (exact) mass is 212 g/mol. The number of benzene rings is 1. The van der Waals surface area contributed by atoms with Crippen molar-refractivity contribution in [3.63, 3.8) is 0 Å². The zero-order valence-electron chi connectivity index (χ0n) is 7.96. The summed E-state index contributed by atoms with van der Waals surface area (Å²) in [6, 6.07) is 6.63. The first-order valence-corrected chi connectivity index (χ1v) is 5.21. The molecule has 0 radical (unpaired) electrons. The van der Waals surface area contributed by atoms with E-state index in [0.29, 0.717) is 11.3 Å². The predicted molar refractivity (Wildman–Crippen MR) is 58.3 cm³/mol. The minimum absolute atomic E-state index is 0.129. The van der Waals surface area contributed by atoms with E-state index in [2.05, 4.69) is 0 Å². The highest BCUT2D eigenvalue weighted by Gasteiger charge is 2.08. The van der Waals surface area contributed by atoms with E-state index in [0.717, 1.165) is 0 Å². The molecular formula is C10H13FN2S. The number of hydrogen-bond donors (Lipinski definition) is 2. The van der Waals surface area contributed by atoms with Crippen LogP contribution in [0.2, 0.25) is 0 Å². The molecule has 2 nitrogen and oxygen atoms in total. The zero-order valence-corrected chi connectivity index (χ0v) is 8.77. The van der Waals surface area contributed by atoms with Crippen LogP contribution in [0.4, 0.5) is 4.39 Å². The summed E-state index contributed by atoms with van der Waals surface area (Å²) in [7, 11) is 0. The van der Waals surface area contributed by atoms with Gasteiger partial charge in [-0.3, -0.25) is 5.41 Å². The van der Waals surface area contributed by atoms with Crippen LogP contribution >= 0.6 is 11.8 Å². The van der Waals surface area contributed by atoms with E-state index in [1.54, 1.807) is 18.2 Å². The van der Waals surface area contributed by atoms with Gasteiger partial charge in [-0.05, 0) is 12.1 Å². The van der Waals surface area contributed by atoms with Gasteiger partial charge in [0.15, 0.2) is 0 Å². The Bertz CT molecular complexity index is 328. The number of amidine groups is 1. The van der Waals surface area contributed by atoms with Gasteiger partial charge in [0.2, 0.25) is 0 Å². The highest BCUT2D eigenvalue weighted by atomic mass is 32.2. The van der Waals surface area contributed by atoms with Crippen molar-refractivity contribution in [3.05, 3.63) is 30.1 Å². The van der Waals surface area contributed by atoms with E-state index >= 15 is 0 Å². The lowest BCUT2D eigenvalue weighted by Crippen LogP contribution is -2.14. The number of thioether (sulfide) groups is 1. The van der Waals surface area contributed by atoms with Crippen molar-refractivity contribution in [3.8, 4) is 0 Å². The van der Waals surface area contributed by atoms with Crippen molar-refractivity contribution in [2.45, 2.75) is 23.5 Å². The summed E-state index contributed by atoms with van der Waals surface area (Å²) in [6.45, 7) is 1.93. The van der Waals surface area contributed by atoms with Crippen LogP contribution in [0.1, 0.15) is 13.3 Å². The predicted octanol–water partition coefficient (Wildman–Crippen LogP) is 2.63. The van der Waals surface area contributed by atoms with Crippen LogP contribution < -0.4 is 5.73 Å². The summed E-state index contributed by atoms with van der Waals surface area (Å²) in [5.41, 5.74) is 5.26. The van der Waals surface area contributed by atoms with Crippen molar-refractivity contribution in [2.24, 2.45) is 5.73 Å².